The van der Waals surface area contributed by atoms with Crippen LogP contribution in [0.4, 0.5) is 10.1 Å². The molecule has 2 rings (SSSR count). The average Bonchev–Trinajstić information content (AvgIpc) is 2.60. The molecule has 0 radical (unpaired) electrons. The van der Waals surface area contributed by atoms with Crippen molar-refractivity contribution in [3.05, 3.63) is 38.9 Å². The summed E-state index contributed by atoms with van der Waals surface area (Å²) in [5, 5.41) is 17.1. The highest BCUT2D eigenvalue weighted by Gasteiger charge is 2.16. The van der Waals surface area contributed by atoms with Gasteiger partial charge in [-0.2, -0.15) is 9.49 Å². The number of nitrogens with one attached hydrogen (secondary N) is 1. The third-order valence-corrected chi connectivity index (χ3v) is 2.65. The van der Waals surface area contributed by atoms with Crippen molar-refractivity contribution < 1.29 is 9.31 Å². The Kier molecular flexibility index (Phi) is 2.72. The Bertz CT molecular complexity index is 649. The molecule has 1 N–H and O–H groups in total. The monoisotopic (exact) mass is 254 g/mol. The minimum absolute atomic E-state index is 0.381. The van der Waals surface area contributed by atoms with Crippen molar-refractivity contribution in [3.63, 3.8) is 0 Å². The van der Waals surface area contributed by atoms with Crippen molar-refractivity contribution in [2.75, 3.05) is 0 Å². The third-order valence-electron chi connectivity index (χ3n) is 2.28. The molecule has 1 aromatic heterocycles. The molecule has 1 aromatic carbocycles. The Balaban J connectivity index is 2.61. The van der Waals surface area contributed by atoms with Crippen LogP contribution in [0.5, 0.6) is 0 Å². The van der Waals surface area contributed by atoms with E-state index in [2.05, 4.69) is 10.2 Å². The average molecular weight is 254 g/mol. The van der Waals surface area contributed by atoms with Crippen molar-refractivity contribution >= 4 is 17.9 Å². The van der Waals surface area contributed by atoms with E-state index in [0.717, 1.165) is 12.1 Å². The SMILES string of the molecule is Cn1c(-c2ccc(F)c([N+](=O)[O-])c2)n[nH]c1=S. The van der Waals surface area contributed by atoms with Crippen LogP contribution in [0, 0.1) is 20.7 Å². The number of nitro benzene ring substituents is 1. The summed E-state index contributed by atoms with van der Waals surface area (Å²) < 4.78 is 15.1. The number of H-pyrrole nitrogens is 1. The topological polar surface area (TPSA) is 76.8 Å². The number of aromatic amines is 1. The van der Waals surface area contributed by atoms with E-state index in [1.165, 1.54) is 6.07 Å². The summed E-state index contributed by atoms with van der Waals surface area (Å²) in [6.07, 6.45) is 0. The van der Waals surface area contributed by atoms with E-state index in [0.29, 0.717) is 16.2 Å². The van der Waals surface area contributed by atoms with Gasteiger partial charge in [-0.3, -0.25) is 15.2 Å². The minimum atomic E-state index is -0.879. The molecule has 0 bridgehead atoms. The molecule has 2 aromatic rings. The second kappa shape index (κ2) is 4.06. The summed E-state index contributed by atoms with van der Waals surface area (Å²) in [4.78, 5) is 9.83. The quantitative estimate of drug-likeness (QED) is 0.506. The minimum Gasteiger partial charge on any atom is -0.303 e. The van der Waals surface area contributed by atoms with Crippen LogP contribution in [0.15, 0.2) is 18.2 Å². The van der Waals surface area contributed by atoms with Gasteiger partial charge in [0.1, 0.15) is 0 Å². The van der Waals surface area contributed by atoms with E-state index in [-0.39, 0.29) is 0 Å². The number of aromatic nitrogens is 3. The Labute approximate surface area is 99.9 Å². The van der Waals surface area contributed by atoms with Crippen LogP contribution in [0.25, 0.3) is 11.4 Å². The summed E-state index contributed by atoms with van der Waals surface area (Å²) in [5.41, 5.74) is -0.163. The van der Waals surface area contributed by atoms with Crippen LogP contribution in [0.2, 0.25) is 0 Å². The van der Waals surface area contributed by atoms with E-state index in [4.69, 9.17) is 12.2 Å². The number of hydrogen-bond donors (Lipinski definition) is 1. The van der Waals surface area contributed by atoms with Gasteiger partial charge >= 0.3 is 5.69 Å². The fourth-order valence-electron chi connectivity index (χ4n) is 1.40. The molecule has 8 heteroatoms. The zero-order valence-corrected chi connectivity index (χ0v) is 9.49. The molecule has 0 aliphatic heterocycles. The maximum absolute atomic E-state index is 13.1. The summed E-state index contributed by atoms with van der Waals surface area (Å²) in [6, 6.07) is 3.57. The first-order chi connectivity index (χ1) is 8.00. The van der Waals surface area contributed by atoms with E-state index in [1.54, 1.807) is 11.6 Å². The van der Waals surface area contributed by atoms with Crippen LogP contribution in [-0.4, -0.2) is 19.7 Å². The van der Waals surface area contributed by atoms with Crippen molar-refractivity contribution in [2.45, 2.75) is 0 Å². The molecule has 0 amide bonds. The van der Waals surface area contributed by atoms with Crippen LogP contribution in [-0.2, 0) is 7.05 Å². The molecular formula is C9H7FN4O2S. The third kappa shape index (κ3) is 1.94. The number of nitro groups is 1. The van der Waals surface area contributed by atoms with Crippen molar-refractivity contribution in [1.29, 1.82) is 0 Å². The maximum atomic E-state index is 13.1. The number of benzene rings is 1. The number of nitrogens with zero attached hydrogens (tertiary/aromatic N) is 3. The van der Waals surface area contributed by atoms with Gasteiger partial charge in [0.15, 0.2) is 10.6 Å². The van der Waals surface area contributed by atoms with E-state index in [1.807, 2.05) is 0 Å². The summed E-state index contributed by atoms with van der Waals surface area (Å²) >= 11 is 4.92. The summed E-state index contributed by atoms with van der Waals surface area (Å²) in [5.74, 6) is -0.464. The highest BCUT2D eigenvalue weighted by atomic mass is 32.1. The lowest BCUT2D eigenvalue weighted by Crippen LogP contribution is -1.96. The molecule has 0 spiro atoms. The Morgan fingerprint density at radius 3 is 2.82 bits per heavy atom. The first kappa shape index (κ1) is 11.4. The maximum Gasteiger partial charge on any atom is 0.305 e. The Morgan fingerprint density at radius 1 is 1.59 bits per heavy atom. The molecule has 0 aliphatic rings. The van der Waals surface area contributed by atoms with Gasteiger partial charge in [0.05, 0.1) is 4.92 Å². The molecule has 0 saturated carbocycles. The van der Waals surface area contributed by atoms with Crippen molar-refractivity contribution in [3.8, 4) is 11.4 Å². The zero-order valence-electron chi connectivity index (χ0n) is 8.68. The Morgan fingerprint density at radius 2 is 2.29 bits per heavy atom. The van der Waals surface area contributed by atoms with Gasteiger partial charge in [0.25, 0.3) is 0 Å². The lowest BCUT2D eigenvalue weighted by Gasteiger charge is -2.00. The van der Waals surface area contributed by atoms with E-state index >= 15 is 0 Å². The molecule has 0 saturated heterocycles. The lowest BCUT2D eigenvalue weighted by molar-refractivity contribution is -0.387. The van der Waals surface area contributed by atoms with Gasteiger partial charge < -0.3 is 4.57 Å². The first-order valence-electron chi connectivity index (χ1n) is 4.56. The highest BCUT2D eigenvalue weighted by molar-refractivity contribution is 7.71. The largest absolute Gasteiger partial charge is 0.305 e. The predicted molar refractivity (Wildman–Crippen MR) is 60.4 cm³/mol. The molecule has 0 aliphatic carbocycles. The fraction of sp³-hybridized carbons (Fsp3) is 0.111. The van der Waals surface area contributed by atoms with Crippen LogP contribution >= 0.6 is 12.2 Å². The van der Waals surface area contributed by atoms with Crippen molar-refractivity contribution in [2.24, 2.45) is 7.05 Å². The zero-order chi connectivity index (χ0) is 12.6. The number of halogens is 1. The van der Waals surface area contributed by atoms with Gasteiger partial charge in [-0.05, 0) is 24.4 Å². The van der Waals surface area contributed by atoms with Crippen molar-refractivity contribution in [1.82, 2.24) is 14.8 Å². The second-order valence-electron chi connectivity index (χ2n) is 3.33. The summed E-state index contributed by atoms with van der Waals surface area (Å²) in [7, 11) is 1.66. The molecule has 1 heterocycles. The molecule has 17 heavy (non-hydrogen) atoms. The highest BCUT2D eigenvalue weighted by Crippen LogP contribution is 2.24. The standard InChI is InChI=1S/C9H7FN4O2S/c1-13-8(11-12-9(13)17)5-2-3-6(10)7(4-5)14(15)16/h2-4H,1H3,(H,12,17). The smallest absolute Gasteiger partial charge is 0.303 e. The van der Waals surface area contributed by atoms with Gasteiger partial charge in [-0.1, -0.05) is 0 Å². The van der Waals surface area contributed by atoms with Gasteiger partial charge in [0, 0.05) is 18.7 Å². The van der Waals surface area contributed by atoms with Gasteiger partial charge in [0.2, 0.25) is 5.82 Å². The van der Waals surface area contributed by atoms with Gasteiger partial charge in [-0.25, -0.2) is 0 Å². The van der Waals surface area contributed by atoms with E-state index in [9.17, 15) is 14.5 Å². The van der Waals surface area contributed by atoms with Crippen LogP contribution < -0.4 is 0 Å². The number of rotatable bonds is 2. The second-order valence-corrected chi connectivity index (χ2v) is 3.72. The number of hydrogen-bond acceptors (Lipinski definition) is 4. The summed E-state index contributed by atoms with van der Waals surface area (Å²) in [6.45, 7) is 0. The first-order valence-corrected chi connectivity index (χ1v) is 4.97. The lowest BCUT2D eigenvalue weighted by atomic mass is 10.2. The predicted octanol–water partition coefficient (Wildman–Crippen LogP) is 2.19. The Hall–Kier alpha value is -2.09. The molecule has 0 atom stereocenters. The molecule has 0 unspecified atom stereocenters. The fourth-order valence-corrected chi connectivity index (χ4v) is 1.53. The van der Waals surface area contributed by atoms with Crippen LogP contribution in [0.1, 0.15) is 0 Å². The molecule has 0 fully saturated rings. The van der Waals surface area contributed by atoms with Gasteiger partial charge in [-0.15, -0.1) is 0 Å². The normalized spacial score (nSPS) is 10.5. The van der Waals surface area contributed by atoms with Crippen LogP contribution in [0.3, 0.4) is 0 Å². The van der Waals surface area contributed by atoms with E-state index < -0.39 is 16.4 Å². The molecular weight excluding hydrogens is 247 g/mol. The molecule has 6 nitrogen and oxygen atoms in total. The molecule has 88 valence electrons.